The summed E-state index contributed by atoms with van der Waals surface area (Å²) in [6.07, 6.45) is -21.1. The summed E-state index contributed by atoms with van der Waals surface area (Å²) in [5, 5.41) is 0. The smallest absolute Gasteiger partial charge is 0.221 e. The van der Waals surface area contributed by atoms with E-state index >= 15 is 0 Å². The zero-order valence-electron chi connectivity index (χ0n) is 12.9. The molecule has 1 rings (SSSR count). The van der Waals surface area contributed by atoms with Gasteiger partial charge in [0.2, 0.25) is 0 Å². The Morgan fingerprint density at radius 2 is 1.17 bits per heavy atom. The largest absolute Gasteiger partial charge is 0.457 e. The quantitative estimate of drug-likeness (QED) is 0.182. The third kappa shape index (κ3) is 5.25. The minimum Gasteiger partial charge on any atom is -0.221 e. The molecule has 1 aromatic carbocycles. The number of hydrogen-bond acceptors (Lipinski definition) is 0. The summed E-state index contributed by atoms with van der Waals surface area (Å²) in [5.41, 5.74) is -12.8. The van der Waals surface area contributed by atoms with Gasteiger partial charge in [-0.25, -0.2) is 4.39 Å². The van der Waals surface area contributed by atoms with E-state index in [0.29, 0.717) is 0 Å². The maximum Gasteiger partial charge on any atom is 0.457 e. The molecule has 0 spiro atoms. The van der Waals surface area contributed by atoms with Gasteiger partial charge in [-0.1, -0.05) is 34.8 Å². The minimum atomic E-state index is -7.19. The van der Waals surface area contributed by atoms with Crippen LogP contribution in [0, 0.1) is 3.57 Å². The third-order valence-electron chi connectivity index (χ3n) is 3.45. The molecule has 0 bridgehead atoms. The molecule has 0 aliphatic heterocycles. The lowest BCUT2D eigenvalue weighted by molar-refractivity contribution is -0.389. The Morgan fingerprint density at radius 1 is 0.724 bits per heavy atom. The van der Waals surface area contributed by atoms with Crippen LogP contribution in [0.5, 0.6) is 0 Å². The average Bonchev–Trinajstić information content (AvgIpc) is 2.43. The van der Waals surface area contributed by atoms with Crippen molar-refractivity contribution in [3.8, 4) is 0 Å². The Hall–Kier alpha value is -0.0200. The molecule has 1 atom stereocenters. The highest BCUT2D eigenvalue weighted by molar-refractivity contribution is 14.1. The van der Waals surface area contributed by atoms with Gasteiger partial charge in [-0.3, -0.25) is 0 Å². The van der Waals surface area contributed by atoms with E-state index in [4.69, 9.17) is 34.8 Å². The molecule has 1 aromatic rings. The average molecular weight is 621 g/mol. The van der Waals surface area contributed by atoms with Gasteiger partial charge >= 0.3 is 30.1 Å². The van der Waals surface area contributed by atoms with Crippen LogP contribution in [0.25, 0.3) is 0 Å². The molecule has 0 fully saturated rings. The summed E-state index contributed by atoms with van der Waals surface area (Å²) in [5.74, 6) is -7.19. The molecule has 1 unspecified atom stereocenters. The number of rotatable bonds is 3. The van der Waals surface area contributed by atoms with Gasteiger partial charge in [-0.15, -0.1) is 0 Å². The molecule has 0 nitrogen and oxygen atoms in total. The second-order valence-corrected chi connectivity index (χ2v) is 9.18. The normalized spacial score (nSPS) is 16.7. The van der Waals surface area contributed by atoms with E-state index in [1.807, 2.05) is 0 Å². The van der Waals surface area contributed by atoms with Crippen LogP contribution in [0.1, 0.15) is 16.7 Å². The fourth-order valence-electron chi connectivity index (χ4n) is 2.18. The lowest BCUT2D eigenvalue weighted by atomic mass is 9.83. The van der Waals surface area contributed by atoms with Crippen molar-refractivity contribution in [3.63, 3.8) is 0 Å². The predicted molar refractivity (Wildman–Crippen MR) is 88.0 cm³/mol. The molecule has 0 N–H and O–H groups in total. The standard InChI is InChI=1S/C13H4Cl3F12I/c14-8(15,16)3-5-6(1-4(2-7(5)29)10(18,19)20)9(17,12(23,24)25)11(21,22)13(26,27)28/h1-2H,3H2. The highest BCUT2D eigenvalue weighted by Crippen LogP contribution is 2.60. The van der Waals surface area contributed by atoms with Crippen molar-refractivity contribution in [1.29, 1.82) is 0 Å². The zero-order valence-corrected chi connectivity index (χ0v) is 17.3. The van der Waals surface area contributed by atoms with Gasteiger partial charge in [0.15, 0.2) is 3.79 Å². The first-order chi connectivity index (χ1) is 12.5. The maximum atomic E-state index is 14.8. The number of halogens is 16. The van der Waals surface area contributed by atoms with Crippen LogP contribution in [0.2, 0.25) is 0 Å². The summed E-state index contributed by atoms with van der Waals surface area (Å²) in [6, 6.07) is -0.723. The monoisotopic (exact) mass is 620 g/mol. The fourth-order valence-corrected chi connectivity index (χ4v) is 3.40. The molecule has 168 valence electrons. The Kier molecular flexibility index (Phi) is 7.30. The molecular weight excluding hydrogens is 617 g/mol. The molecule has 0 amide bonds. The maximum absolute atomic E-state index is 14.8. The molecule has 29 heavy (non-hydrogen) atoms. The lowest BCUT2D eigenvalue weighted by Gasteiger charge is -2.38. The van der Waals surface area contributed by atoms with Crippen LogP contribution < -0.4 is 0 Å². The Balaban J connectivity index is 4.14. The van der Waals surface area contributed by atoms with Gasteiger partial charge < -0.3 is 0 Å². The first-order valence-electron chi connectivity index (χ1n) is 6.64. The Morgan fingerprint density at radius 3 is 1.48 bits per heavy atom. The first kappa shape index (κ1) is 27.0. The van der Waals surface area contributed by atoms with Gasteiger partial charge in [0.1, 0.15) is 0 Å². The number of alkyl halides is 15. The highest BCUT2D eigenvalue weighted by atomic mass is 127. The van der Waals surface area contributed by atoms with Gasteiger partial charge in [0.25, 0.3) is 0 Å². The zero-order chi connectivity index (χ0) is 23.4. The van der Waals surface area contributed by atoms with Crippen LogP contribution in [0.3, 0.4) is 0 Å². The number of benzene rings is 1. The van der Waals surface area contributed by atoms with Crippen molar-refractivity contribution in [3.05, 3.63) is 32.4 Å². The van der Waals surface area contributed by atoms with Gasteiger partial charge in [-0.2, -0.15) is 48.3 Å². The van der Waals surface area contributed by atoms with Crippen molar-refractivity contribution >= 4 is 57.4 Å². The molecule has 0 saturated carbocycles. The molecule has 0 saturated heterocycles. The van der Waals surface area contributed by atoms with Crippen LogP contribution >= 0.6 is 57.4 Å². The molecular formula is C13H4Cl3F12I. The van der Waals surface area contributed by atoms with Crippen LogP contribution in [-0.4, -0.2) is 22.1 Å². The Bertz CT molecular complexity index is 763. The second-order valence-electron chi connectivity index (χ2n) is 5.50. The van der Waals surface area contributed by atoms with Crippen molar-refractivity contribution in [2.24, 2.45) is 0 Å². The van der Waals surface area contributed by atoms with Gasteiger partial charge in [0, 0.05) is 15.6 Å². The van der Waals surface area contributed by atoms with E-state index in [-0.39, 0.29) is 6.07 Å². The molecule has 0 aliphatic rings. The van der Waals surface area contributed by atoms with Crippen LogP contribution in [0.15, 0.2) is 12.1 Å². The van der Waals surface area contributed by atoms with Crippen molar-refractivity contribution < 1.29 is 52.7 Å². The summed E-state index contributed by atoms with van der Waals surface area (Å²) in [4.78, 5) is 0. The number of hydrogen-bond donors (Lipinski definition) is 0. The third-order valence-corrected chi connectivity index (χ3v) is 4.81. The van der Waals surface area contributed by atoms with Crippen molar-refractivity contribution in [2.45, 2.75) is 40.3 Å². The fraction of sp³-hybridized carbons (Fsp3) is 0.538. The van der Waals surface area contributed by atoms with E-state index in [0.717, 1.165) is 22.6 Å². The van der Waals surface area contributed by atoms with Gasteiger partial charge in [-0.05, 0) is 40.3 Å². The van der Waals surface area contributed by atoms with Crippen LogP contribution in [0.4, 0.5) is 52.7 Å². The highest BCUT2D eigenvalue weighted by Gasteiger charge is 2.82. The summed E-state index contributed by atoms with van der Waals surface area (Å²) < 4.78 is 155. The summed E-state index contributed by atoms with van der Waals surface area (Å²) in [7, 11) is 0. The molecule has 0 radical (unpaired) electrons. The molecule has 0 aliphatic carbocycles. The molecule has 0 aromatic heterocycles. The second kappa shape index (κ2) is 7.84. The molecule has 16 heteroatoms. The van der Waals surface area contributed by atoms with Crippen molar-refractivity contribution in [2.75, 3.05) is 0 Å². The van der Waals surface area contributed by atoms with E-state index < -0.39 is 66.7 Å². The van der Waals surface area contributed by atoms with Crippen LogP contribution in [-0.2, 0) is 18.3 Å². The SMILES string of the molecule is FC(F)(F)c1cc(I)c(CC(Cl)(Cl)Cl)c(C(F)(C(F)(F)F)C(F)(F)C(F)(F)F)c1. The summed E-state index contributed by atoms with van der Waals surface area (Å²) in [6.45, 7) is 0. The van der Waals surface area contributed by atoms with E-state index in [2.05, 4.69) is 0 Å². The van der Waals surface area contributed by atoms with E-state index in [1.165, 1.54) is 0 Å². The van der Waals surface area contributed by atoms with E-state index in [1.54, 1.807) is 0 Å². The minimum absolute atomic E-state index is 0.0817. The molecule has 0 heterocycles. The lowest BCUT2D eigenvalue weighted by Crippen LogP contribution is -2.60. The van der Waals surface area contributed by atoms with E-state index in [9.17, 15) is 52.7 Å². The van der Waals surface area contributed by atoms with Gasteiger partial charge in [0.05, 0.1) is 5.56 Å². The first-order valence-corrected chi connectivity index (χ1v) is 8.85. The summed E-state index contributed by atoms with van der Waals surface area (Å²) >= 11 is 16.8. The van der Waals surface area contributed by atoms with Crippen molar-refractivity contribution in [1.82, 2.24) is 0 Å². The topological polar surface area (TPSA) is 0 Å². The Labute approximate surface area is 182 Å². The predicted octanol–water partition coefficient (Wildman–Crippen LogP) is 8.15.